The number of hydrogen-bond acceptors (Lipinski definition) is 1. The minimum atomic E-state index is 1.03. The maximum atomic E-state index is 4.54. The fourth-order valence-corrected chi connectivity index (χ4v) is 1.85. The van der Waals surface area contributed by atoms with Gasteiger partial charge in [-0.05, 0) is 51.2 Å². The Morgan fingerprint density at radius 1 is 1.06 bits per heavy atom. The molecule has 1 heteroatoms. The Kier molecular flexibility index (Phi) is 8.39. The largest absolute Gasteiger partial charge is 0.261 e. The van der Waals surface area contributed by atoms with E-state index in [1.54, 1.807) is 0 Å². The van der Waals surface area contributed by atoms with Crippen LogP contribution in [0.5, 0.6) is 0 Å². The second-order valence-electron chi connectivity index (χ2n) is 4.18. The Hall–Kier alpha value is -1.11. The van der Waals surface area contributed by atoms with Crippen LogP contribution < -0.4 is 0 Å². The minimum Gasteiger partial charge on any atom is -0.261 e. The lowest BCUT2D eigenvalue weighted by Crippen LogP contribution is -2.03. The lowest BCUT2D eigenvalue weighted by atomic mass is 9.93. The summed E-state index contributed by atoms with van der Waals surface area (Å²) in [5.41, 5.74) is 5.30. The van der Waals surface area contributed by atoms with Gasteiger partial charge in [-0.25, -0.2) is 0 Å². The van der Waals surface area contributed by atoms with Crippen molar-refractivity contribution >= 4 is 5.71 Å². The van der Waals surface area contributed by atoms with Crippen LogP contribution in [0, 0.1) is 0 Å². The summed E-state index contributed by atoms with van der Waals surface area (Å²) in [6.07, 6.45) is 9.39. The average Bonchev–Trinajstić information content (AvgIpc) is 2.35. The van der Waals surface area contributed by atoms with Crippen LogP contribution in [0.3, 0.4) is 0 Å². The van der Waals surface area contributed by atoms with Crippen LogP contribution >= 0.6 is 0 Å². The van der Waals surface area contributed by atoms with Gasteiger partial charge >= 0.3 is 0 Å². The molecule has 0 saturated carbocycles. The van der Waals surface area contributed by atoms with Crippen LogP contribution in [0.2, 0.25) is 0 Å². The molecule has 0 heterocycles. The van der Waals surface area contributed by atoms with Crippen LogP contribution in [-0.4, -0.2) is 5.71 Å². The molecule has 0 unspecified atom stereocenters. The predicted octanol–water partition coefficient (Wildman–Crippen LogP) is 5.45. The van der Waals surface area contributed by atoms with E-state index in [-0.39, 0.29) is 0 Å². The molecule has 0 bridgehead atoms. The zero-order valence-corrected chi connectivity index (χ0v) is 12.3. The average molecular weight is 233 g/mol. The summed E-state index contributed by atoms with van der Waals surface area (Å²) in [5.74, 6) is 0. The highest BCUT2D eigenvalue weighted by Crippen LogP contribution is 2.21. The molecule has 0 fully saturated rings. The Labute approximate surface area is 107 Å². The van der Waals surface area contributed by atoms with Gasteiger partial charge in [-0.3, -0.25) is 4.99 Å². The van der Waals surface area contributed by atoms with E-state index < -0.39 is 0 Å². The number of nitrogens with zero attached hydrogens (tertiary/aromatic N) is 1. The van der Waals surface area contributed by atoms with Crippen molar-refractivity contribution in [2.75, 3.05) is 0 Å². The number of hydrogen-bond donors (Lipinski definition) is 0. The van der Waals surface area contributed by atoms with Gasteiger partial charge in [-0.15, -0.1) is 0 Å². The summed E-state index contributed by atoms with van der Waals surface area (Å²) in [5, 5.41) is 0. The lowest BCUT2D eigenvalue weighted by molar-refractivity contribution is 1.04. The van der Waals surface area contributed by atoms with E-state index in [0.717, 1.165) is 25.0 Å². The number of aliphatic imine (C=N–C) groups is 1. The van der Waals surface area contributed by atoms with Gasteiger partial charge in [-0.2, -0.15) is 0 Å². The van der Waals surface area contributed by atoms with E-state index >= 15 is 0 Å². The second kappa shape index (κ2) is 8.98. The third-order valence-electron chi connectivity index (χ3n) is 2.98. The Morgan fingerprint density at radius 2 is 1.71 bits per heavy atom. The molecular weight excluding hydrogens is 206 g/mol. The molecule has 0 aliphatic rings. The summed E-state index contributed by atoms with van der Waals surface area (Å²) in [6, 6.07) is 0. The van der Waals surface area contributed by atoms with E-state index in [1.807, 2.05) is 6.20 Å². The van der Waals surface area contributed by atoms with E-state index in [9.17, 15) is 0 Å². The maximum Gasteiger partial charge on any atom is 0.0446 e. The van der Waals surface area contributed by atoms with Crippen LogP contribution in [0.15, 0.2) is 40.1 Å². The molecule has 0 aromatic rings. The van der Waals surface area contributed by atoms with Crippen molar-refractivity contribution < 1.29 is 0 Å². The van der Waals surface area contributed by atoms with E-state index in [4.69, 9.17) is 0 Å². The minimum absolute atomic E-state index is 1.03. The molecule has 1 nitrogen and oxygen atoms in total. The fourth-order valence-electron chi connectivity index (χ4n) is 1.85. The van der Waals surface area contributed by atoms with Gasteiger partial charge in [0.2, 0.25) is 0 Å². The highest BCUT2D eigenvalue weighted by Gasteiger charge is 2.09. The molecule has 17 heavy (non-hydrogen) atoms. The Bertz CT molecular complexity index is 341. The SMILES string of the molecule is C\C=C(CC)/C(C(/C)=N/C=C/CC)=C(/C)CC. The van der Waals surface area contributed by atoms with Gasteiger partial charge in [0.25, 0.3) is 0 Å². The standard InChI is InChI=1S/C16H27N/c1-7-11-12-17-14(6)16(13(5)8-2)15(9-3)10-4/h9,11-12H,7-8,10H2,1-6H3/b12-11+,15-9-,16-13-,17-14+. The first-order chi connectivity index (χ1) is 8.12. The Morgan fingerprint density at radius 3 is 2.12 bits per heavy atom. The third-order valence-corrected chi connectivity index (χ3v) is 2.98. The maximum absolute atomic E-state index is 4.54. The zero-order valence-electron chi connectivity index (χ0n) is 12.3. The molecule has 0 spiro atoms. The van der Waals surface area contributed by atoms with Crippen molar-refractivity contribution in [3.05, 3.63) is 35.1 Å². The number of rotatable bonds is 6. The highest BCUT2D eigenvalue weighted by molar-refractivity contribution is 6.03. The quantitative estimate of drug-likeness (QED) is 0.427. The smallest absolute Gasteiger partial charge is 0.0446 e. The first kappa shape index (κ1) is 15.9. The monoisotopic (exact) mass is 233 g/mol. The molecule has 0 saturated heterocycles. The van der Waals surface area contributed by atoms with Crippen molar-refractivity contribution in [3.63, 3.8) is 0 Å². The van der Waals surface area contributed by atoms with Crippen LogP contribution in [0.1, 0.15) is 60.8 Å². The molecule has 0 radical (unpaired) electrons. The van der Waals surface area contributed by atoms with Crippen LogP contribution in [0.4, 0.5) is 0 Å². The summed E-state index contributed by atoms with van der Waals surface area (Å²) in [7, 11) is 0. The molecule has 96 valence electrons. The third kappa shape index (κ3) is 5.16. The van der Waals surface area contributed by atoms with Crippen molar-refractivity contribution in [2.45, 2.75) is 60.8 Å². The lowest BCUT2D eigenvalue weighted by Gasteiger charge is -2.13. The van der Waals surface area contributed by atoms with Crippen molar-refractivity contribution in [3.8, 4) is 0 Å². The summed E-state index contributed by atoms with van der Waals surface area (Å²) in [4.78, 5) is 4.54. The molecule has 0 aliphatic heterocycles. The van der Waals surface area contributed by atoms with Crippen molar-refractivity contribution in [1.29, 1.82) is 0 Å². The van der Waals surface area contributed by atoms with Crippen LogP contribution in [-0.2, 0) is 0 Å². The first-order valence-corrected chi connectivity index (χ1v) is 6.67. The summed E-state index contributed by atoms with van der Waals surface area (Å²) < 4.78 is 0. The Balaban J connectivity index is 5.36. The van der Waals surface area contributed by atoms with Gasteiger partial charge in [0.15, 0.2) is 0 Å². The van der Waals surface area contributed by atoms with Crippen molar-refractivity contribution in [1.82, 2.24) is 0 Å². The molecule has 0 amide bonds. The van der Waals surface area contributed by atoms with Gasteiger partial charge in [0.05, 0.1) is 0 Å². The highest BCUT2D eigenvalue weighted by atomic mass is 14.7. The molecule has 0 atom stereocenters. The summed E-state index contributed by atoms with van der Waals surface area (Å²) in [6.45, 7) is 12.9. The van der Waals surface area contributed by atoms with E-state index in [1.165, 1.54) is 16.7 Å². The summed E-state index contributed by atoms with van der Waals surface area (Å²) >= 11 is 0. The van der Waals surface area contributed by atoms with E-state index in [0.29, 0.717) is 0 Å². The van der Waals surface area contributed by atoms with Crippen LogP contribution in [0.25, 0.3) is 0 Å². The molecule has 0 aromatic heterocycles. The van der Waals surface area contributed by atoms with Gasteiger partial charge in [0.1, 0.15) is 0 Å². The zero-order chi connectivity index (χ0) is 13.3. The van der Waals surface area contributed by atoms with Gasteiger partial charge in [-0.1, -0.05) is 38.5 Å². The molecule has 0 N–H and O–H groups in total. The molecule has 0 aliphatic carbocycles. The van der Waals surface area contributed by atoms with E-state index in [2.05, 4.69) is 58.7 Å². The molecule has 0 rings (SSSR count). The van der Waals surface area contributed by atoms with Gasteiger partial charge < -0.3 is 0 Å². The fraction of sp³-hybridized carbons (Fsp3) is 0.562. The topological polar surface area (TPSA) is 12.4 Å². The normalized spacial score (nSPS) is 15.4. The van der Waals surface area contributed by atoms with Gasteiger partial charge in [0, 0.05) is 11.9 Å². The predicted molar refractivity (Wildman–Crippen MR) is 79.6 cm³/mol. The molecular formula is C16H27N. The first-order valence-electron chi connectivity index (χ1n) is 6.67. The van der Waals surface area contributed by atoms with Crippen molar-refractivity contribution in [2.24, 2.45) is 4.99 Å². The number of allylic oxidation sites excluding steroid dienone is 5. The molecule has 0 aromatic carbocycles. The second-order valence-corrected chi connectivity index (χ2v) is 4.18.